The smallest absolute Gasteiger partial charge is 0.296 e. The molecule has 5 heteroatoms. The number of hydrogen-bond acceptors (Lipinski definition) is 2. The van der Waals surface area contributed by atoms with Crippen LogP contribution in [0.1, 0.15) is 27.2 Å². The molecule has 1 amide bonds. The van der Waals surface area contributed by atoms with Gasteiger partial charge in [0, 0.05) is 34.2 Å². The molecule has 0 aliphatic rings. The van der Waals surface area contributed by atoms with Crippen molar-refractivity contribution in [3.63, 3.8) is 0 Å². The van der Waals surface area contributed by atoms with Crippen molar-refractivity contribution < 1.29 is 9.59 Å². The van der Waals surface area contributed by atoms with E-state index in [9.17, 15) is 9.59 Å². The Kier molecular flexibility index (Phi) is 6.24. The number of aryl methyl sites for hydroxylation is 1. The molecule has 3 aromatic carbocycles. The number of nitrogens with one attached hydrogen (secondary N) is 1. The van der Waals surface area contributed by atoms with E-state index >= 15 is 0 Å². The fraction of sp³-hybridized carbons (Fsp3) is 0.111. The molecule has 0 bridgehead atoms. The van der Waals surface area contributed by atoms with Crippen LogP contribution in [0.5, 0.6) is 0 Å². The van der Waals surface area contributed by atoms with Gasteiger partial charge in [0.05, 0.1) is 0 Å². The largest absolute Gasteiger partial charge is 0.340 e. The average Bonchev–Trinajstić information content (AvgIpc) is 3.11. The van der Waals surface area contributed by atoms with Gasteiger partial charge in [0.1, 0.15) is 0 Å². The van der Waals surface area contributed by atoms with Crippen molar-refractivity contribution in [3.05, 3.63) is 112 Å². The maximum Gasteiger partial charge on any atom is 0.296 e. The van der Waals surface area contributed by atoms with Crippen LogP contribution >= 0.6 is 11.6 Å². The van der Waals surface area contributed by atoms with Crippen molar-refractivity contribution in [3.8, 4) is 11.3 Å². The van der Waals surface area contributed by atoms with Crippen molar-refractivity contribution in [2.45, 2.75) is 20.4 Å². The molecule has 0 fully saturated rings. The highest BCUT2D eigenvalue weighted by Gasteiger charge is 2.24. The van der Waals surface area contributed by atoms with Gasteiger partial charge in [0.15, 0.2) is 0 Å². The highest BCUT2D eigenvalue weighted by atomic mass is 35.5. The molecule has 1 aromatic heterocycles. The lowest BCUT2D eigenvalue weighted by atomic mass is 10.1. The summed E-state index contributed by atoms with van der Waals surface area (Å²) in [6.07, 6.45) is 0. The van der Waals surface area contributed by atoms with Gasteiger partial charge in [-0.05, 0) is 60.9 Å². The molecule has 1 heterocycles. The summed E-state index contributed by atoms with van der Waals surface area (Å²) < 4.78 is 2.06. The summed E-state index contributed by atoms with van der Waals surface area (Å²) in [6, 6.07) is 26.6. The summed E-state index contributed by atoms with van der Waals surface area (Å²) in [4.78, 5) is 25.9. The van der Waals surface area contributed by atoms with Crippen LogP contribution in [0.3, 0.4) is 0 Å². The van der Waals surface area contributed by atoms with Crippen LogP contribution in [-0.4, -0.2) is 16.3 Å². The number of Topliss-reactive ketones (excluding diaryl/α,β-unsaturated/α-hetero) is 1. The minimum absolute atomic E-state index is 0.392. The number of halogens is 1. The minimum atomic E-state index is -0.651. The molecule has 0 spiro atoms. The fourth-order valence-corrected chi connectivity index (χ4v) is 3.86. The second-order valence-electron chi connectivity index (χ2n) is 7.76. The van der Waals surface area contributed by atoms with Crippen molar-refractivity contribution in [2.75, 3.05) is 5.32 Å². The Morgan fingerprint density at radius 3 is 2.28 bits per heavy atom. The summed E-state index contributed by atoms with van der Waals surface area (Å²) >= 11 is 6.03. The van der Waals surface area contributed by atoms with Crippen molar-refractivity contribution in [1.82, 2.24) is 4.57 Å². The van der Waals surface area contributed by atoms with Gasteiger partial charge >= 0.3 is 0 Å². The number of anilines is 1. The Bertz CT molecular complexity index is 1280. The van der Waals surface area contributed by atoms with Crippen molar-refractivity contribution in [1.29, 1.82) is 0 Å². The number of rotatable bonds is 6. The number of carbonyl (C=O) groups excluding carboxylic acids is 2. The standard InChI is InChI=1S/C27H23ClN2O2/c1-18-7-6-10-23(15-18)29-27(32)26(31)24-16-25(21-8-4-3-5-9-21)30(19(24)2)17-20-11-13-22(28)14-12-20/h3-16H,17H2,1-2H3,(H,29,32). The van der Waals surface area contributed by atoms with Crippen LogP contribution in [0.4, 0.5) is 5.69 Å². The highest BCUT2D eigenvalue weighted by molar-refractivity contribution is 6.47. The number of hydrogen-bond donors (Lipinski definition) is 1. The third kappa shape index (κ3) is 4.66. The molecule has 0 unspecified atom stereocenters. The van der Waals surface area contributed by atoms with E-state index in [1.165, 1.54) is 0 Å². The molecule has 4 aromatic rings. The summed E-state index contributed by atoms with van der Waals surface area (Å²) in [7, 11) is 0. The zero-order valence-electron chi connectivity index (χ0n) is 17.9. The van der Waals surface area contributed by atoms with Gasteiger partial charge in [-0.2, -0.15) is 0 Å². The van der Waals surface area contributed by atoms with E-state index in [1.54, 1.807) is 12.1 Å². The Hall–Kier alpha value is -3.63. The Morgan fingerprint density at radius 1 is 0.875 bits per heavy atom. The molecule has 1 N–H and O–H groups in total. The summed E-state index contributed by atoms with van der Waals surface area (Å²) in [5.41, 5.74) is 5.64. The van der Waals surface area contributed by atoms with E-state index in [1.807, 2.05) is 86.6 Å². The second kappa shape index (κ2) is 9.25. The van der Waals surface area contributed by atoms with Crippen LogP contribution in [0.25, 0.3) is 11.3 Å². The van der Waals surface area contributed by atoms with Gasteiger partial charge < -0.3 is 9.88 Å². The van der Waals surface area contributed by atoms with E-state index < -0.39 is 11.7 Å². The van der Waals surface area contributed by atoms with Gasteiger partial charge in [-0.15, -0.1) is 0 Å². The number of ketones is 1. The topological polar surface area (TPSA) is 51.1 Å². The second-order valence-corrected chi connectivity index (χ2v) is 8.20. The molecular formula is C27H23ClN2O2. The number of nitrogens with zero attached hydrogens (tertiary/aromatic N) is 1. The van der Waals surface area contributed by atoms with Gasteiger partial charge in [-0.25, -0.2) is 0 Å². The lowest BCUT2D eigenvalue weighted by Crippen LogP contribution is -2.23. The summed E-state index contributed by atoms with van der Waals surface area (Å²) in [5.74, 6) is -1.21. The predicted molar refractivity (Wildman–Crippen MR) is 129 cm³/mol. The number of amides is 1. The Labute approximate surface area is 192 Å². The minimum Gasteiger partial charge on any atom is -0.340 e. The van der Waals surface area contributed by atoms with Crippen molar-refractivity contribution in [2.24, 2.45) is 0 Å². The molecule has 0 atom stereocenters. The number of benzene rings is 3. The van der Waals surface area contributed by atoms with Crippen LogP contribution in [0.15, 0.2) is 84.9 Å². The molecule has 4 nitrogen and oxygen atoms in total. The quantitative estimate of drug-likeness (QED) is 0.281. The number of aromatic nitrogens is 1. The van der Waals surface area contributed by atoms with Crippen LogP contribution in [-0.2, 0) is 11.3 Å². The summed E-state index contributed by atoms with van der Waals surface area (Å²) in [6.45, 7) is 4.36. The highest BCUT2D eigenvalue weighted by Crippen LogP contribution is 2.28. The molecule has 0 saturated heterocycles. The molecule has 0 radical (unpaired) electrons. The van der Waals surface area contributed by atoms with Gasteiger partial charge in [-0.1, -0.05) is 66.2 Å². The maximum atomic E-state index is 13.1. The molecule has 32 heavy (non-hydrogen) atoms. The Morgan fingerprint density at radius 2 is 1.59 bits per heavy atom. The first kappa shape index (κ1) is 21.6. The number of carbonyl (C=O) groups is 2. The van der Waals surface area contributed by atoms with E-state index in [0.29, 0.717) is 22.8 Å². The molecule has 0 aliphatic carbocycles. The molecule has 0 aliphatic heterocycles. The monoisotopic (exact) mass is 442 g/mol. The van der Waals surface area contributed by atoms with Gasteiger partial charge in [0.2, 0.25) is 0 Å². The van der Waals surface area contributed by atoms with Gasteiger partial charge in [0.25, 0.3) is 11.7 Å². The summed E-state index contributed by atoms with van der Waals surface area (Å²) in [5, 5.41) is 3.39. The van der Waals surface area contributed by atoms with E-state index in [2.05, 4.69) is 9.88 Å². The first-order valence-corrected chi connectivity index (χ1v) is 10.7. The lowest BCUT2D eigenvalue weighted by molar-refractivity contribution is -0.112. The zero-order valence-corrected chi connectivity index (χ0v) is 18.7. The third-order valence-electron chi connectivity index (χ3n) is 5.42. The lowest BCUT2D eigenvalue weighted by Gasteiger charge is -2.13. The average molecular weight is 443 g/mol. The van der Waals surface area contributed by atoms with Crippen LogP contribution < -0.4 is 5.32 Å². The predicted octanol–water partition coefficient (Wildman–Crippen LogP) is 6.30. The zero-order chi connectivity index (χ0) is 22.7. The van der Waals surface area contributed by atoms with Gasteiger partial charge in [-0.3, -0.25) is 9.59 Å². The van der Waals surface area contributed by atoms with E-state index in [-0.39, 0.29) is 0 Å². The fourth-order valence-electron chi connectivity index (χ4n) is 3.73. The maximum absolute atomic E-state index is 13.1. The van der Waals surface area contributed by atoms with E-state index in [0.717, 1.165) is 28.1 Å². The Balaban J connectivity index is 1.70. The van der Waals surface area contributed by atoms with Crippen LogP contribution in [0.2, 0.25) is 5.02 Å². The first-order valence-electron chi connectivity index (χ1n) is 10.3. The molecule has 160 valence electrons. The molecule has 0 saturated carbocycles. The first-order chi connectivity index (χ1) is 15.4. The SMILES string of the molecule is Cc1cccc(NC(=O)C(=O)c2cc(-c3ccccc3)n(Cc3ccc(Cl)cc3)c2C)c1. The van der Waals surface area contributed by atoms with Crippen molar-refractivity contribution >= 4 is 29.0 Å². The molecule has 4 rings (SSSR count). The molecular weight excluding hydrogens is 420 g/mol. The van der Waals surface area contributed by atoms with Crippen LogP contribution in [0, 0.1) is 13.8 Å². The normalized spacial score (nSPS) is 10.7. The third-order valence-corrected chi connectivity index (χ3v) is 5.67. The van der Waals surface area contributed by atoms with E-state index in [4.69, 9.17) is 11.6 Å².